The van der Waals surface area contributed by atoms with Gasteiger partial charge >= 0.3 is 5.97 Å². The summed E-state index contributed by atoms with van der Waals surface area (Å²) in [7, 11) is 1.35. The number of piperidine rings is 1. The number of hydrogen-bond acceptors (Lipinski definition) is 7. The molecule has 33 heavy (non-hydrogen) atoms. The number of carbonyl (C=O) groups is 1. The van der Waals surface area contributed by atoms with Crippen molar-refractivity contribution in [1.29, 1.82) is 0 Å². The van der Waals surface area contributed by atoms with Crippen LogP contribution in [-0.2, 0) is 4.74 Å². The minimum atomic E-state index is -0.419. The third-order valence-corrected chi connectivity index (χ3v) is 6.97. The van der Waals surface area contributed by atoms with E-state index in [9.17, 15) is 14.9 Å². The molecule has 1 saturated heterocycles. The molecular weight excluding hydrogens is 460 g/mol. The maximum Gasteiger partial charge on any atom is 0.339 e. The Morgan fingerprint density at radius 1 is 1.21 bits per heavy atom. The molecule has 1 N–H and O–H groups in total. The Hall–Kier alpha value is -3.37. The summed E-state index contributed by atoms with van der Waals surface area (Å²) >= 11 is 7.13. The van der Waals surface area contributed by atoms with Crippen molar-refractivity contribution < 1.29 is 14.5 Å². The molecule has 0 saturated carbocycles. The van der Waals surface area contributed by atoms with Gasteiger partial charge in [-0.3, -0.25) is 10.1 Å². The number of nitrogens with one attached hydrogen (secondary N) is 1. The number of thiazole rings is 1. The molecule has 4 rings (SSSR count). The summed E-state index contributed by atoms with van der Waals surface area (Å²) in [4.78, 5) is 29.8. The summed E-state index contributed by atoms with van der Waals surface area (Å²) in [5.74, 6) is -0.147. The Morgan fingerprint density at radius 2 is 1.91 bits per heavy atom. The number of nitrogens with zero attached hydrogens (tertiary/aromatic N) is 3. The van der Waals surface area contributed by atoms with Gasteiger partial charge in [-0.15, -0.1) is 11.3 Å². The first-order valence-corrected chi connectivity index (χ1v) is 11.7. The number of para-hydroxylation sites is 2. The quantitative estimate of drug-likeness (QED) is 0.233. The zero-order valence-corrected chi connectivity index (χ0v) is 19.5. The van der Waals surface area contributed by atoms with Crippen molar-refractivity contribution >= 4 is 46.0 Å². The van der Waals surface area contributed by atoms with E-state index in [0.717, 1.165) is 30.9 Å². The van der Waals surface area contributed by atoms with Crippen LogP contribution in [0.1, 0.15) is 34.1 Å². The fourth-order valence-electron chi connectivity index (χ4n) is 3.85. The van der Waals surface area contributed by atoms with Crippen LogP contribution in [0.3, 0.4) is 0 Å². The van der Waals surface area contributed by atoms with Crippen molar-refractivity contribution in [3.8, 4) is 11.3 Å². The van der Waals surface area contributed by atoms with E-state index >= 15 is 0 Å². The highest BCUT2D eigenvalue weighted by atomic mass is 32.1. The summed E-state index contributed by atoms with van der Waals surface area (Å²) in [5.41, 5.74) is 2.29. The first-order valence-electron chi connectivity index (χ1n) is 10.4. The van der Waals surface area contributed by atoms with Crippen LogP contribution in [0.2, 0.25) is 0 Å². The van der Waals surface area contributed by atoms with Crippen molar-refractivity contribution in [3.05, 3.63) is 74.6 Å². The third-order valence-electron chi connectivity index (χ3n) is 5.60. The number of likely N-dealkylation sites (tertiary alicyclic amines) is 1. The summed E-state index contributed by atoms with van der Waals surface area (Å²) in [5, 5.41) is 17.9. The molecule has 1 aliphatic heterocycles. The summed E-state index contributed by atoms with van der Waals surface area (Å²) in [6.45, 7) is 1.49. The van der Waals surface area contributed by atoms with Crippen LogP contribution in [0.5, 0.6) is 0 Å². The van der Waals surface area contributed by atoms with Crippen molar-refractivity contribution in [2.45, 2.75) is 18.8 Å². The lowest BCUT2D eigenvalue weighted by molar-refractivity contribution is -0.384. The lowest BCUT2D eigenvalue weighted by Crippen LogP contribution is -2.40. The zero-order chi connectivity index (χ0) is 23.4. The second-order valence-electron chi connectivity index (χ2n) is 7.57. The van der Waals surface area contributed by atoms with Crippen molar-refractivity contribution in [2.24, 2.45) is 0 Å². The maximum absolute atomic E-state index is 12.0. The fraction of sp³-hybridized carbons (Fsp3) is 0.261. The predicted octanol–water partition coefficient (Wildman–Crippen LogP) is 5.08. The van der Waals surface area contributed by atoms with E-state index in [1.54, 1.807) is 36.4 Å². The van der Waals surface area contributed by atoms with Crippen LogP contribution in [0, 0.1) is 10.1 Å². The zero-order valence-electron chi connectivity index (χ0n) is 17.9. The third kappa shape index (κ3) is 5.01. The molecule has 2 aromatic carbocycles. The molecule has 0 atom stereocenters. The monoisotopic (exact) mass is 482 g/mol. The fourth-order valence-corrected chi connectivity index (χ4v) is 5.14. The van der Waals surface area contributed by atoms with Gasteiger partial charge in [-0.1, -0.05) is 24.3 Å². The van der Waals surface area contributed by atoms with Crippen LogP contribution >= 0.6 is 23.6 Å². The van der Waals surface area contributed by atoms with Crippen LogP contribution in [0.15, 0.2) is 53.9 Å². The number of rotatable bonds is 5. The molecule has 2 heterocycles. The van der Waals surface area contributed by atoms with Gasteiger partial charge in [0.25, 0.3) is 5.69 Å². The number of nitro benzene ring substituents is 1. The van der Waals surface area contributed by atoms with E-state index in [0.29, 0.717) is 27.6 Å². The number of hydrogen-bond donors (Lipinski definition) is 1. The molecule has 10 heteroatoms. The molecule has 170 valence electrons. The average Bonchev–Trinajstić information content (AvgIpc) is 3.34. The highest BCUT2D eigenvalue weighted by Gasteiger charge is 2.26. The number of methoxy groups -OCH3 is 1. The smallest absolute Gasteiger partial charge is 0.339 e. The molecule has 1 aromatic heterocycles. The Balaban J connectivity index is 1.40. The van der Waals surface area contributed by atoms with Crippen LogP contribution < -0.4 is 5.32 Å². The summed E-state index contributed by atoms with van der Waals surface area (Å²) in [6, 6.07) is 13.8. The van der Waals surface area contributed by atoms with E-state index in [1.165, 1.54) is 24.5 Å². The maximum atomic E-state index is 12.0. The summed E-state index contributed by atoms with van der Waals surface area (Å²) < 4.78 is 4.84. The normalized spacial score (nSPS) is 14.0. The molecule has 0 radical (unpaired) electrons. The molecule has 0 unspecified atom stereocenters. The molecule has 0 spiro atoms. The van der Waals surface area contributed by atoms with Gasteiger partial charge in [-0.25, -0.2) is 9.78 Å². The first-order chi connectivity index (χ1) is 16.0. The van der Waals surface area contributed by atoms with Gasteiger partial charge in [-0.2, -0.15) is 0 Å². The van der Waals surface area contributed by atoms with Gasteiger partial charge in [0.15, 0.2) is 5.11 Å². The van der Waals surface area contributed by atoms with Crippen molar-refractivity contribution in [1.82, 2.24) is 9.88 Å². The standard InChI is InChI=1S/C23H22N4O4S2/c1-31-22(28)17-7-2-4-8-18(17)25-23(32)26-12-10-15(11-13-26)21-24-19(14-33-21)16-6-3-5-9-20(16)27(29)30/h2-9,14-15H,10-13H2,1H3,(H,25,32). The number of benzene rings is 2. The molecule has 0 amide bonds. The highest BCUT2D eigenvalue weighted by molar-refractivity contribution is 7.80. The largest absolute Gasteiger partial charge is 0.465 e. The topological polar surface area (TPSA) is 97.6 Å². The van der Waals surface area contributed by atoms with Crippen molar-refractivity contribution in [3.63, 3.8) is 0 Å². The molecule has 3 aromatic rings. The van der Waals surface area contributed by atoms with E-state index < -0.39 is 5.97 Å². The Kier molecular flexibility index (Phi) is 6.95. The highest BCUT2D eigenvalue weighted by Crippen LogP contribution is 2.35. The van der Waals surface area contributed by atoms with E-state index in [2.05, 4.69) is 10.2 Å². The van der Waals surface area contributed by atoms with Crippen LogP contribution in [0.25, 0.3) is 11.3 Å². The lowest BCUT2D eigenvalue weighted by atomic mass is 9.98. The van der Waals surface area contributed by atoms with Gasteiger partial charge in [0, 0.05) is 30.5 Å². The van der Waals surface area contributed by atoms with E-state index in [4.69, 9.17) is 21.9 Å². The number of anilines is 1. The van der Waals surface area contributed by atoms with Gasteiger partial charge in [-0.05, 0) is 43.3 Å². The molecular formula is C23H22N4O4S2. The van der Waals surface area contributed by atoms with E-state index in [-0.39, 0.29) is 16.5 Å². The van der Waals surface area contributed by atoms with Gasteiger partial charge < -0.3 is 15.0 Å². The molecule has 1 aliphatic rings. The number of ether oxygens (including phenoxy) is 1. The minimum Gasteiger partial charge on any atom is -0.465 e. The predicted molar refractivity (Wildman–Crippen MR) is 132 cm³/mol. The number of aromatic nitrogens is 1. The summed E-state index contributed by atoms with van der Waals surface area (Å²) in [6.07, 6.45) is 1.73. The van der Waals surface area contributed by atoms with Crippen molar-refractivity contribution in [2.75, 3.05) is 25.5 Å². The second-order valence-corrected chi connectivity index (χ2v) is 8.85. The van der Waals surface area contributed by atoms with Gasteiger partial charge in [0.2, 0.25) is 0 Å². The Bertz CT molecular complexity index is 1190. The van der Waals surface area contributed by atoms with Gasteiger partial charge in [0.05, 0.1) is 39.5 Å². The lowest BCUT2D eigenvalue weighted by Gasteiger charge is -2.33. The number of nitro groups is 1. The molecule has 0 bridgehead atoms. The SMILES string of the molecule is COC(=O)c1ccccc1NC(=S)N1CCC(c2nc(-c3ccccc3[N+](=O)[O-])cs2)CC1. The minimum absolute atomic E-state index is 0.0628. The molecule has 8 nitrogen and oxygen atoms in total. The second kappa shape index (κ2) is 10.1. The van der Waals surface area contributed by atoms with Crippen LogP contribution in [-0.4, -0.2) is 46.1 Å². The molecule has 1 fully saturated rings. The Morgan fingerprint density at radius 3 is 2.64 bits per heavy atom. The number of thiocarbonyl (C=S) groups is 1. The van der Waals surface area contributed by atoms with E-state index in [1.807, 2.05) is 11.4 Å². The van der Waals surface area contributed by atoms with Crippen LogP contribution in [0.4, 0.5) is 11.4 Å². The molecule has 0 aliphatic carbocycles. The number of carbonyl (C=O) groups excluding carboxylic acids is 1. The van der Waals surface area contributed by atoms with Gasteiger partial charge in [0.1, 0.15) is 0 Å². The average molecular weight is 483 g/mol. The Labute approximate surface area is 200 Å². The number of esters is 1. The first kappa shape index (κ1) is 22.8.